The van der Waals surface area contributed by atoms with Crippen LogP contribution in [0.4, 0.5) is 9.59 Å². The Morgan fingerprint density at radius 3 is 1.48 bits per heavy atom. The summed E-state index contributed by atoms with van der Waals surface area (Å²) in [5.74, 6) is 1.39. The van der Waals surface area contributed by atoms with Gasteiger partial charge in [0.15, 0.2) is 0 Å². The second kappa shape index (κ2) is 18.8. The first-order valence-corrected chi connectivity index (χ1v) is 22.8. The molecule has 2 saturated heterocycles. The molecule has 5 aromatic rings. The third-order valence-electron chi connectivity index (χ3n) is 13.5. The third-order valence-corrected chi connectivity index (χ3v) is 13.5. The van der Waals surface area contributed by atoms with Crippen LogP contribution in [0, 0.1) is 11.8 Å². The Labute approximate surface area is 369 Å². The van der Waals surface area contributed by atoms with Gasteiger partial charge in [0.2, 0.25) is 11.8 Å². The fourth-order valence-corrected chi connectivity index (χ4v) is 10.1. The average Bonchev–Trinajstić information content (AvgIpc) is 4.13. The summed E-state index contributed by atoms with van der Waals surface area (Å²) in [5, 5.41) is 5.48. The van der Waals surface area contributed by atoms with Gasteiger partial charge in [0.1, 0.15) is 23.7 Å². The maximum Gasteiger partial charge on any atom is 0.407 e. The average molecular weight is 859 g/mol. The van der Waals surface area contributed by atoms with E-state index in [4.69, 9.17) is 19.4 Å². The van der Waals surface area contributed by atoms with Crippen LogP contribution >= 0.6 is 0 Å². The van der Waals surface area contributed by atoms with Gasteiger partial charge in [0.25, 0.3) is 0 Å². The van der Waals surface area contributed by atoms with Gasteiger partial charge < -0.3 is 39.9 Å². The third kappa shape index (κ3) is 9.12. The zero-order valence-corrected chi connectivity index (χ0v) is 37.4. The van der Waals surface area contributed by atoms with E-state index in [0.717, 1.165) is 70.5 Å². The minimum atomic E-state index is -0.713. The van der Waals surface area contributed by atoms with Crippen LogP contribution in [0.3, 0.4) is 0 Å². The standard InChI is InChI=1S/C49H62N8O6/c1-28(2)42(54-48(60)62-5)46(58)56-24-10-14-39(56)44-50-35-22-20-33(26-37(35)52-44)41(32-18-16-31(17-19-32)30-12-8-7-9-13-30)34-21-23-36-38(27-34)53-45(51-36)40-15-11-25-57(40)47(59)43(29(3)4)55-49(61)63-6/h16-23,26-30,39-43H,7-15,24-25H2,1-6H3,(H,50,52)(H,51,53)(H,54,60)(H,55,61). The summed E-state index contributed by atoms with van der Waals surface area (Å²) in [4.78, 5) is 73.1. The lowest BCUT2D eigenvalue weighted by atomic mass is 9.81. The highest BCUT2D eigenvalue weighted by atomic mass is 16.5. The number of amides is 4. The number of carbonyl (C=O) groups is 4. The van der Waals surface area contributed by atoms with E-state index >= 15 is 0 Å². The Kier molecular flexibility index (Phi) is 13.1. The molecule has 4 atom stereocenters. The topological polar surface area (TPSA) is 175 Å². The molecular formula is C49H62N8O6. The van der Waals surface area contributed by atoms with Crippen molar-refractivity contribution in [1.29, 1.82) is 0 Å². The number of nitrogens with one attached hydrogen (secondary N) is 4. The number of H-pyrrole nitrogens is 2. The Balaban J connectivity index is 1.12. The number of methoxy groups -OCH3 is 2. The molecule has 0 bridgehead atoms. The number of alkyl carbamates (subject to hydrolysis) is 2. The van der Waals surface area contributed by atoms with Gasteiger partial charge in [-0.1, -0.05) is 83.4 Å². The molecule has 14 nitrogen and oxygen atoms in total. The molecule has 3 fully saturated rings. The Morgan fingerprint density at radius 2 is 1.05 bits per heavy atom. The van der Waals surface area contributed by atoms with Crippen LogP contribution in [0.15, 0.2) is 60.7 Å². The van der Waals surface area contributed by atoms with Crippen molar-refractivity contribution in [1.82, 2.24) is 40.4 Å². The number of ether oxygens (including phenoxy) is 2. The van der Waals surface area contributed by atoms with Crippen molar-refractivity contribution in [3.63, 3.8) is 0 Å². The zero-order chi connectivity index (χ0) is 44.4. The number of nitrogens with zero attached hydrogens (tertiary/aromatic N) is 4. The van der Waals surface area contributed by atoms with Crippen LogP contribution < -0.4 is 10.6 Å². The van der Waals surface area contributed by atoms with Crippen LogP contribution in [-0.4, -0.2) is 93.1 Å². The van der Waals surface area contributed by atoms with Gasteiger partial charge in [-0.2, -0.15) is 0 Å². The Bertz CT molecular complexity index is 2300. The van der Waals surface area contributed by atoms with Crippen LogP contribution in [-0.2, 0) is 19.1 Å². The number of hydrogen-bond acceptors (Lipinski definition) is 8. The number of hydrogen-bond donors (Lipinski definition) is 4. The zero-order valence-electron chi connectivity index (χ0n) is 37.4. The van der Waals surface area contributed by atoms with Crippen molar-refractivity contribution in [3.8, 4) is 0 Å². The molecule has 4 amide bonds. The van der Waals surface area contributed by atoms with Crippen LogP contribution in [0.25, 0.3) is 22.1 Å². The molecule has 3 aromatic carbocycles. The van der Waals surface area contributed by atoms with Gasteiger partial charge in [0, 0.05) is 19.0 Å². The maximum atomic E-state index is 13.9. The molecule has 334 valence electrons. The predicted molar refractivity (Wildman–Crippen MR) is 241 cm³/mol. The van der Waals surface area contributed by atoms with Crippen molar-refractivity contribution in [2.45, 2.75) is 121 Å². The van der Waals surface area contributed by atoms with E-state index in [9.17, 15) is 19.2 Å². The number of carbonyl (C=O) groups excluding carboxylic acids is 4. The molecule has 4 heterocycles. The van der Waals surface area contributed by atoms with E-state index in [1.54, 1.807) is 0 Å². The molecule has 2 aromatic heterocycles. The number of likely N-dealkylation sites (tertiary alicyclic amines) is 2. The summed E-state index contributed by atoms with van der Waals surface area (Å²) in [6, 6.07) is 20.0. The highest BCUT2D eigenvalue weighted by Crippen LogP contribution is 2.40. The van der Waals surface area contributed by atoms with Crippen LogP contribution in [0.5, 0.6) is 0 Å². The molecule has 14 heteroatoms. The van der Waals surface area contributed by atoms with Crippen molar-refractivity contribution < 1.29 is 28.7 Å². The number of imidazole rings is 2. The Hall–Kier alpha value is -5.92. The molecule has 0 spiro atoms. The molecular weight excluding hydrogens is 797 g/mol. The highest BCUT2D eigenvalue weighted by molar-refractivity contribution is 5.87. The van der Waals surface area contributed by atoms with Crippen molar-refractivity contribution in [2.75, 3.05) is 27.3 Å². The molecule has 4 unspecified atom stereocenters. The normalized spacial score (nSPS) is 19.7. The monoisotopic (exact) mass is 858 g/mol. The number of aromatic amines is 2. The van der Waals surface area contributed by atoms with Crippen molar-refractivity contribution in [2.24, 2.45) is 11.8 Å². The lowest BCUT2D eigenvalue weighted by Crippen LogP contribution is -2.51. The lowest BCUT2D eigenvalue weighted by Gasteiger charge is -2.29. The highest BCUT2D eigenvalue weighted by Gasteiger charge is 2.39. The van der Waals surface area contributed by atoms with E-state index in [1.165, 1.54) is 57.5 Å². The second-order valence-corrected chi connectivity index (χ2v) is 18.3. The summed E-state index contributed by atoms with van der Waals surface area (Å²) < 4.78 is 9.67. The molecule has 0 radical (unpaired) electrons. The first-order chi connectivity index (χ1) is 30.4. The van der Waals surface area contributed by atoms with Gasteiger partial charge in [-0.05, 0) is 103 Å². The second-order valence-electron chi connectivity index (χ2n) is 18.3. The molecule has 2 aliphatic heterocycles. The molecule has 1 aliphatic carbocycles. The minimum absolute atomic E-state index is 0.126. The fourth-order valence-electron chi connectivity index (χ4n) is 10.1. The van der Waals surface area contributed by atoms with Gasteiger partial charge in [0.05, 0.1) is 48.4 Å². The quantitative estimate of drug-likeness (QED) is 0.0901. The molecule has 4 N–H and O–H groups in total. The van der Waals surface area contributed by atoms with Gasteiger partial charge in [-0.25, -0.2) is 19.6 Å². The van der Waals surface area contributed by atoms with Crippen LogP contribution in [0.1, 0.15) is 143 Å². The predicted octanol–water partition coefficient (Wildman–Crippen LogP) is 8.76. The van der Waals surface area contributed by atoms with E-state index < -0.39 is 24.3 Å². The summed E-state index contributed by atoms with van der Waals surface area (Å²) in [7, 11) is 2.60. The van der Waals surface area contributed by atoms with Gasteiger partial charge in [-0.3, -0.25) is 9.59 Å². The largest absolute Gasteiger partial charge is 0.453 e. The van der Waals surface area contributed by atoms with E-state index in [1.807, 2.05) is 37.5 Å². The van der Waals surface area contributed by atoms with Gasteiger partial charge in [-0.15, -0.1) is 0 Å². The fraction of sp³-hybridized carbons (Fsp3) is 0.510. The van der Waals surface area contributed by atoms with Gasteiger partial charge >= 0.3 is 12.2 Å². The first-order valence-electron chi connectivity index (χ1n) is 22.8. The summed E-state index contributed by atoms with van der Waals surface area (Å²) in [6.45, 7) is 8.82. The van der Waals surface area contributed by atoms with E-state index in [2.05, 4.69) is 81.3 Å². The number of fused-ring (bicyclic) bond motifs is 2. The summed E-state index contributed by atoms with van der Waals surface area (Å²) in [6.07, 6.45) is 8.26. The molecule has 3 aliphatic rings. The lowest BCUT2D eigenvalue weighted by molar-refractivity contribution is -0.136. The smallest absolute Gasteiger partial charge is 0.407 e. The van der Waals surface area contributed by atoms with Crippen molar-refractivity contribution in [3.05, 3.63) is 94.6 Å². The first kappa shape index (κ1) is 43.7. The molecule has 8 rings (SSSR count). The number of benzene rings is 3. The minimum Gasteiger partial charge on any atom is -0.453 e. The summed E-state index contributed by atoms with van der Waals surface area (Å²) >= 11 is 0. The maximum absolute atomic E-state index is 13.9. The number of rotatable bonds is 12. The van der Waals surface area contributed by atoms with E-state index in [0.29, 0.717) is 19.0 Å². The van der Waals surface area contributed by atoms with Crippen LogP contribution in [0.2, 0.25) is 0 Å². The van der Waals surface area contributed by atoms with Crippen molar-refractivity contribution >= 4 is 46.1 Å². The SMILES string of the molecule is COC(=O)NC(C(=O)N1CCCC1c1nc2ccc(C(c3ccc(C4CCCCC4)cc3)c3ccc4nc(C5CCCN5C(=O)C(NC(=O)OC)C(C)C)[nH]c4c3)cc2[nH]1)C(C)C. The Morgan fingerprint density at radius 1 is 0.603 bits per heavy atom. The summed E-state index contributed by atoms with van der Waals surface area (Å²) in [5.41, 5.74) is 8.16. The molecule has 1 saturated carbocycles. The molecule has 63 heavy (non-hydrogen) atoms. The number of aromatic nitrogens is 4. The van der Waals surface area contributed by atoms with E-state index in [-0.39, 0.29) is 41.7 Å².